The van der Waals surface area contributed by atoms with E-state index in [4.69, 9.17) is 18.9 Å². The number of nitrogens with one attached hydrogen (secondary N) is 1. The van der Waals surface area contributed by atoms with Crippen molar-refractivity contribution in [1.29, 1.82) is 0 Å². The molecule has 1 amide bonds. The first-order valence-corrected chi connectivity index (χ1v) is 5.70. The van der Waals surface area contributed by atoms with E-state index in [2.05, 4.69) is 5.32 Å². The van der Waals surface area contributed by atoms with E-state index < -0.39 is 0 Å². The number of rotatable bonds is 7. The second-order valence-electron chi connectivity index (χ2n) is 3.74. The van der Waals surface area contributed by atoms with E-state index >= 15 is 0 Å². The molecular weight excluding hydrogens is 250 g/mol. The first-order chi connectivity index (χ1) is 9.15. The molecule has 0 aliphatic rings. The molecule has 0 bridgehead atoms. The Balaban J connectivity index is 2.87. The number of benzene rings is 1. The van der Waals surface area contributed by atoms with Crippen LogP contribution in [-0.2, 0) is 16.1 Å². The van der Waals surface area contributed by atoms with Crippen molar-refractivity contribution >= 4 is 5.91 Å². The molecule has 0 aliphatic carbocycles. The minimum Gasteiger partial charge on any atom is -0.493 e. The maximum Gasteiger partial charge on any atom is 0.246 e. The molecule has 0 radical (unpaired) electrons. The van der Waals surface area contributed by atoms with E-state index in [0.29, 0.717) is 23.8 Å². The highest BCUT2D eigenvalue weighted by atomic mass is 16.5. The maximum absolute atomic E-state index is 11.3. The molecule has 0 aliphatic heterocycles. The Bertz CT molecular complexity index is 408. The molecule has 0 aromatic heterocycles. The molecule has 1 rings (SSSR count). The van der Waals surface area contributed by atoms with Crippen LogP contribution in [0.2, 0.25) is 0 Å². The average Bonchev–Trinajstić information content (AvgIpc) is 2.44. The number of hydrogen-bond acceptors (Lipinski definition) is 5. The van der Waals surface area contributed by atoms with Gasteiger partial charge in [-0.3, -0.25) is 4.79 Å². The molecule has 1 aromatic rings. The van der Waals surface area contributed by atoms with Crippen LogP contribution in [0, 0.1) is 0 Å². The monoisotopic (exact) mass is 269 g/mol. The fourth-order valence-corrected chi connectivity index (χ4v) is 1.62. The molecule has 1 aromatic carbocycles. The van der Waals surface area contributed by atoms with Crippen LogP contribution in [0.4, 0.5) is 0 Å². The highest BCUT2D eigenvalue weighted by Gasteiger charge is 2.13. The van der Waals surface area contributed by atoms with Crippen molar-refractivity contribution in [3.8, 4) is 17.2 Å². The molecule has 0 fully saturated rings. The van der Waals surface area contributed by atoms with Gasteiger partial charge in [0.15, 0.2) is 11.5 Å². The second kappa shape index (κ2) is 7.48. The zero-order valence-corrected chi connectivity index (χ0v) is 11.6. The molecular formula is C13H19NO5. The van der Waals surface area contributed by atoms with Crippen molar-refractivity contribution in [3.05, 3.63) is 17.7 Å². The summed E-state index contributed by atoms with van der Waals surface area (Å²) >= 11 is 0. The van der Waals surface area contributed by atoms with Crippen LogP contribution in [0.5, 0.6) is 17.2 Å². The lowest BCUT2D eigenvalue weighted by atomic mass is 10.1. The van der Waals surface area contributed by atoms with Gasteiger partial charge in [-0.1, -0.05) is 0 Å². The van der Waals surface area contributed by atoms with E-state index in [-0.39, 0.29) is 12.5 Å². The van der Waals surface area contributed by atoms with Crippen molar-refractivity contribution in [1.82, 2.24) is 5.32 Å². The Hall–Kier alpha value is -1.95. The number of amides is 1. The van der Waals surface area contributed by atoms with Gasteiger partial charge in [-0.05, 0) is 17.7 Å². The summed E-state index contributed by atoms with van der Waals surface area (Å²) in [6, 6.07) is 3.57. The zero-order chi connectivity index (χ0) is 14.3. The summed E-state index contributed by atoms with van der Waals surface area (Å²) in [6.45, 7) is 0.392. The summed E-state index contributed by atoms with van der Waals surface area (Å²) in [4.78, 5) is 11.3. The molecule has 6 heteroatoms. The molecule has 1 N–H and O–H groups in total. The molecule has 0 atom stereocenters. The first kappa shape index (κ1) is 15.1. The van der Waals surface area contributed by atoms with Crippen LogP contribution >= 0.6 is 0 Å². The van der Waals surface area contributed by atoms with Gasteiger partial charge in [0.05, 0.1) is 21.3 Å². The number of methoxy groups -OCH3 is 4. The van der Waals surface area contributed by atoms with Crippen molar-refractivity contribution in [3.63, 3.8) is 0 Å². The zero-order valence-electron chi connectivity index (χ0n) is 11.6. The maximum atomic E-state index is 11.3. The molecule has 0 saturated heterocycles. The standard InChI is InChI=1S/C13H19NO5/c1-16-8-12(15)14-7-9-5-10(17-2)13(19-4)11(6-9)18-3/h5-6H,7-8H2,1-4H3,(H,14,15). The molecule has 19 heavy (non-hydrogen) atoms. The lowest BCUT2D eigenvalue weighted by Gasteiger charge is -2.14. The number of carbonyl (C=O) groups excluding carboxylic acids is 1. The smallest absolute Gasteiger partial charge is 0.246 e. The van der Waals surface area contributed by atoms with Gasteiger partial charge in [-0.15, -0.1) is 0 Å². The Kier molecular flexibility index (Phi) is 5.95. The summed E-state index contributed by atoms with van der Waals surface area (Å²) in [7, 11) is 6.11. The van der Waals surface area contributed by atoms with Gasteiger partial charge < -0.3 is 24.3 Å². The first-order valence-electron chi connectivity index (χ1n) is 5.70. The van der Waals surface area contributed by atoms with Crippen LogP contribution in [0.25, 0.3) is 0 Å². The van der Waals surface area contributed by atoms with Gasteiger partial charge in [0.25, 0.3) is 0 Å². The fourth-order valence-electron chi connectivity index (χ4n) is 1.62. The summed E-state index contributed by atoms with van der Waals surface area (Å²) in [5, 5.41) is 2.72. The number of ether oxygens (including phenoxy) is 4. The molecule has 0 heterocycles. The Morgan fingerprint density at radius 1 is 1.05 bits per heavy atom. The van der Waals surface area contributed by atoms with Gasteiger partial charge in [-0.25, -0.2) is 0 Å². The topological polar surface area (TPSA) is 66.0 Å². The third-order valence-electron chi connectivity index (χ3n) is 2.49. The van der Waals surface area contributed by atoms with Crippen molar-refractivity contribution in [2.45, 2.75) is 6.54 Å². The third-order valence-corrected chi connectivity index (χ3v) is 2.49. The average molecular weight is 269 g/mol. The van der Waals surface area contributed by atoms with Gasteiger partial charge >= 0.3 is 0 Å². The Morgan fingerprint density at radius 2 is 1.63 bits per heavy atom. The minimum absolute atomic E-state index is 0.0322. The van der Waals surface area contributed by atoms with E-state index in [0.717, 1.165) is 5.56 Å². The molecule has 6 nitrogen and oxygen atoms in total. The lowest BCUT2D eigenvalue weighted by molar-refractivity contribution is -0.124. The molecule has 106 valence electrons. The van der Waals surface area contributed by atoms with Crippen LogP contribution < -0.4 is 19.5 Å². The van der Waals surface area contributed by atoms with Gasteiger partial charge in [0.2, 0.25) is 11.7 Å². The van der Waals surface area contributed by atoms with Crippen molar-refractivity contribution < 1.29 is 23.7 Å². The highest BCUT2D eigenvalue weighted by Crippen LogP contribution is 2.38. The quantitative estimate of drug-likeness (QED) is 0.799. The van der Waals surface area contributed by atoms with Crippen molar-refractivity contribution in [2.75, 3.05) is 35.0 Å². The molecule has 0 unspecified atom stereocenters. The van der Waals surface area contributed by atoms with E-state index in [1.54, 1.807) is 33.5 Å². The fraction of sp³-hybridized carbons (Fsp3) is 0.462. The van der Waals surface area contributed by atoms with Crippen LogP contribution in [0.15, 0.2) is 12.1 Å². The van der Waals surface area contributed by atoms with Crippen molar-refractivity contribution in [2.24, 2.45) is 0 Å². The van der Waals surface area contributed by atoms with Crippen LogP contribution in [0.1, 0.15) is 5.56 Å². The Labute approximate surface area is 112 Å². The van der Waals surface area contributed by atoms with E-state index in [9.17, 15) is 4.79 Å². The largest absolute Gasteiger partial charge is 0.493 e. The second-order valence-corrected chi connectivity index (χ2v) is 3.74. The molecule has 0 spiro atoms. The third kappa shape index (κ3) is 4.03. The predicted octanol–water partition coefficient (Wildman–Crippen LogP) is 0.975. The number of carbonyl (C=O) groups is 1. The summed E-state index contributed by atoms with van der Waals surface area (Å²) < 4.78 is 20.4. The van der Waals surface area contributed by atoms with E-state index in [1.165, 1.54) is 7.11 Å². The predicted molar refractivity (Wildman–Crippen MR) is 69.8 cm³/mol. The summed E-state index contributed by atoms with van der Waals surface area (Å²) in [5.74, 6) is 1.45. The highest BCUT2D eigenvalue weighted by molar-refractivity contribution is 5.77. The van der Waals surface area contributed by atoms with Gasteiger partial charge in [-0.2, -0.15) is 0 Å². The minimum atomic E-state index is -0.184. The SMILES string of the molecule is COCC(=O)NCc1cc(OC)c(OC)c(OC)c1. The molecule has 0 saturated carbocycles. The summed E-state index contributed by atoms with van der Waals surface area (Å²) in [6.07, 6.45) is 0. The van der Waals surface area contributed by atoms with Gasteiger partial charge in [0.1, 0.15) is 6.61 Å². The lowest BCUT2D eigenvalue weighted by Crippen LogP contribution is -2.26. The van der Waals surface area contributed by atoms with Crippen LogP contribution in [-0.4, -0.2) is 41.0 Å². The van der Waals surface area contributed by atoms with Gasteiger partial charge in [0, 0.05) is 13.7 Å². The normalized spacial score (nSPS) is 9.89. The van der Waals surface area contributed by atoms with Crippen LogP contribution in [0.3, 0.4) is 0 Å². The summed E-state index contributed by atoms with van der Waals surface area (Å²) in [5.41, 5.74) is 0.846. The number of hydrogen-bond donors (Lipinski definition) is 1. The Morgan fingerprint density at radius 3 is 2.05 bits per heavy atom. The van der Waals surface area contributed by atoms with E-state index in [1.807, 2.05) is 0 Å².